The van der Waals surface area contributed by atoms with E-state index in [1.54, 1.807) is 32.0 Å². The van der Waals surface area contributed by atoms with Crippen LogP contribution in [0, 0.1) is 6.92 Å². The van der Waals surface area contributed by atoms with Crippen LogP contribution in [0.15, 0.2) is 48.5 Å². The Kier molecular flexibility index (Phi) is 10.4. The maximum absolute atomic E-state index is 13.1. The van der Waals surface area contributed by atoms with Gasteiger partial charge in [-0.15, -0.1) is 11.3 Å². The van der Waals surface area contributed by atoms with E-state index in [4.69, 9.17) is 32.7 Å². The lowest BCUT2D eigenvalue weighted by molar-refractivity contribution is -0.116. The van der Waals surface area contributed by atoms with Gasteiger partial charge in [0.2, 0.25) is 5.91 Å². The molecular weight excluding hydrogens is 535 g/mol. The Morgan fingerprint density at radius 3 is 2.49 bits per heavy atom. The van der Waals surface area contributed by atoms with E-state index in [9.17, 15) is 14.4 Å². The van der Waals surface area contributed by atoms with Gasteiger partial charge >= 0.3 is 5.97 Å². The van der Waals surface area contributed by atoms with Crippen molar-refractivity contribution in [2.24, 2.45) is 0 Å². The average Bonchev–Trinajstić information content (AvgIpc) is 3.19. The highest BCUT2D eigenvalue weighted by atomic mass is 35.5. The maximum Gasteiger partial charge on any atom is 0.341 e. The van der Waals surface area contributed by atoms with E-state index in [0.29, 0.717) is 32.7 Å². The van der Waals surface area contributed by atoms with Crippen molar-refractivity contribution in [1.82, 2.24) is 5.32 Å². The number of nitrogens with one attached hydrogen (secondary N) is 2. The van der Waals surface area contributed by atoms with Crippen molar-refractivity contribution in [2.45, 2.75) is 39.7 Å². The SMILES string of the molecule is CCOC(=O)c1c(NC(=O)CCCOc2ccc(Cl)cc2Cl)sc(C(=O)NC(C)c2ccccc2)c1C. The third-order valence-corrected chi connectivity index (χ3v) is 7.17. The summed E-state index contributed by atoms with van der Waals surface area (Å²) in [6.07, 6.45) is 0.544. The molecule has 0 spiro atoms. The van der Waals surface area contributed by atoms with Crippen LogP contribution in [0.1, 0.15) is 63.9 Å². The Morgan fingerprint density at radius 2 is 1.81 bits per heavy atom. The number of thiophene rings is 1. The molecule has 2 aromatic carbocycles. The van der Waals surface area contributed by atoms with E-state index in [1.807, 2.05) is 37.3 Å². The smallest absolute Gasteiger partial charge is 0.341 e. The predicted octanol–water partition coefficient (Wildman–Crippen LogP) is 6.83. The Bertz CT molecular complexity index is 1260. The fourth-order valence-corrected chi connectivity index (χ4v) is 5.13. The summed E-state index contributed by atoms with van der Waals surface area (Å²) in [5.74, 6) is -0.770. The van der Waals surface area contributed by atoms with Crippen molar-refractivity contribution in [1.29, 1.82) is 0 Å². The highest BCUT2D eigenvalue weighted by Gasteiger charge is 2.27. The van der Waals surface area contributed by atoms with Gasteiger partial charge in [-0.1, -0.05) is 53.5 Å². The molecule has 0 aliphatic rings. The number of anilines is 1. The lowest BCUT2D eigenvalue weighted by Crippen LogP contribution is -2.26. The standard InChI is InChI=1S/C27H28Cl2N2O5S/c1-4-35-27(34)23-16(2)24(25(33)30-17(3)18-9-6-5-7-10-18)37-26(23)31-22(32)11-8-14-36-21-13-12-19(28)15-20(21)29/h5-7,9-10,12-13,15,17H,4,8,11,14H2,1-3H3,(H,30,33)(H,31,32). The second kappa shape index (κ2) is 13.5. The minimum absolute atomic E-state index is 0.136. The van der Waals surface area contributed by atoms with E-state index >= 15 is 0 Å². The zero-order chi connectivity index (χ0) is 26.9. The molecule has 7 nitrogen and oxygen atoms in total. The summed E-state index contributed by atoms with van der Waals surface area (Å²) in [6.45, 7) is 5.67. The van der Waals surface area contributed by atoms with Crippen molar-refractivity contribution in [3.05, 3.63) is 80.1 Å². The summed E-state index contributed by atoms with van der Waals surface area (Å²) >= 11 is 13.0. The van der Waals surface area contributed by atoms with Gasteiger partial charge in [-0.2, -0.15) is 0 Å². The third-order valence-electron chi connectivity index (χ3n) is 5.43. The highest BCUT2D eigenvalue weighted by molar-refractivity contribution is 7.18. The number of benzene rings is 2. The Hall–Kier alpha value is -3.07. The number of carbonyl (C=O) groups excluding carboxylic acids is 3. The number of esters is 1. The molecule has 0 saturated heterocycles. The fraction of sp³-hybridized carbons (Fsp3) is 0.296. The van der Waals surface area contributed by atoms with Gasteiger partial charge in [0, 0.05) is 11.4 Å². The second-order valence-electron chi connectivity index (χ2n) is 8.16. The molecule has 1 heterocycles. The van der Waals surface area contributed by atoms with Gasteiger partial charge in [0.25, 0.3) is 5.91 Å². The Labute approximate surface area is 230 Å². The molecule has 0 bridgehead atoms. The predicted molar refractivity (Wildman–Crippen MR) is 147 cm³/mol. The normalized spacial score (nSPS) is 11.5. The van der Waals surface area contributed by atoms with Gasteiger partial charge < -0.3 is 20.1 Å². The lowest BCUT2D eigenvalue weighted by Gasteiger charge is -2.14. The van der Waals surface area contributed by atoms with Crippen LogP contribution in [0.2, 0.25) is 10.0 Å². The van der Waals surface area contributed by atoms with Crippen LogP contribution >= 0.6 is 34.5 Å². The number of ether oxygens (including phenoxy) is 2. The van der Waals surface area contributed by atoms with E-state index in [0.717, 1.165) is 16.9 Å². The first-order chi connectivity index (χ1) is 17.7. The third kappa shape index (κ3) is 7.71. The summed E-state index contributed by atoms with van der Waals surface area (Å²) in [4.78, 5) is 38.8. The first-order valence-electron chi connectivity index (χ1n) is 11.7. The van der Waals surface area contributed by atoms with Crippen LogP contribution in [-0.2, 0) is 9.53 Å². The van der Waals surface area contributed by atoms with Crippen molar-refractivity contribution < 1.29 is 23.9 Å². The van der Waals surface area contributed by atoms with Crippen LogP contribution < -0.4 is 15.4 Å². The molecule has 0 fully saturated rings. The molecule has 1 atom stereocenters. The molecule has 0 saturated carbocycles. The van der Waals surface area contributed by atoms with E-state index in [2.05, 4.69) is 10.6 Å². The van der Waals surface area contributed by atoms with Gasteiger partial charge in [0.1, 0.15) is 10.8 Å². The molecule has 1 aromatic heterocycles. The molecule has 2 amide bonds. The monoisotopic (exact) mass is 562 g/mol. The minimum Gasteiger partial charge on any atom is -0.492 e. The summed E-state index contributed by atoms with van der Waals surface area (Å²) in [7, 11) is 0. The highest BCUT2D eigenvalue weighted by Crippen LogP contribution is 2.34. The van der Waals surface area contributed by atoms with Crippen molar-refractivity contribution in [2.75, 3.05) is 18.5 Å². The van der Waals surface area contributed by atoms with Crippen LogP contribution in [0.3, 0.4) is 0 Å². The zero-order valence-electron chi connectivity index (χ0n) is 20.7. The van der Waals surface area contributed by atoms with Crippen molar-refractivity contribution >= 4 is 57.3 Å². The molecule has 3 rings (SSSR count). The molecule has 1 unspecified atom stereocenters. The molecule has 3 aromatic rings. The average molecular weight is 564 g/mol. The van der Waals surface area contributed by atoms with Crippen LogP contribution in [0.25, 0.3) is 0 Å². The van der Waals surface area contributed by atoms with E-state index in [-0.39, 0.29) is 48.1 Å². The minimum atomic E-state index is -0.595. The molecule has 0 radical (unpaired) electrons. The number of amides is 2. The molecule has 196 valence electrons. The molecule has 0 aliphatic heterocycles. The summed E-state index contributed by atoms with van der Waals surface area (Å²) in [6, 6.07) is 14.2. The molecular formula is C27H28Cl2N2O5S. The van der Waals surface area contributed by atoms with Crippen LogP contribution in [0.5, 0.6) is 5.75 Å². The largest absolute Gasteiger partial charge is 0.492 e. The van der Waals surface area contributed by atoms with Gasteiger partial charge in [-0.05, 0) is 56.5 Å². The number of carbonyl (C=O) groups is 3. The van der Waals surface area contributed by atoms with E-state index < -0.39 is 5.97 Å². The molecule has 37 heavy (non-hydrogen) atoms. The summed E-state index contributed by atoms with van der Waals surface area (Å²) in [5, 5.41) is 6.89. The van der Waals surface area contributed by atoms with Crippen molar-refractivity contribution in [3.8, 4) is 5.75 Å². The number of hydrogen-bond acceptors (Lipinski definition) is 6. The van der Waals surface area contributed by atoms with Crippen LogP contribution in [-0.4, -0.2) is 31.0 Å². The van der Waals surface area contributed by atoms with E-state index in [1.165, 1.54) is 0 Å². The summed E-state index contributed by atoms with van der Waals surface area (Å²) in [5.41, 5.74) is 1.59. The van der Waals surface area contributed by atoms with Crippen LogP contribution in [0.4, 0.5) is 5.00 Å². The van der Waals surface area contributed by atoms with Gasteiger partial charge in [0.05, 0.1) is 34.7 Å². The zero-order valence-corrected chi connectivity index (χ0v) is 23.1. The Morgan fingerprint density at radius 1 is 1.08 bits per heavy atom. The quantitative estimate of drug-likeness (QED) is 0.197. The first-order valence-corrected chi connectivity index (χ1v) is 13.3. The number of halogens is 2. The number of rotatable bonds is 11. The maximum atomic E-state index is 13.1. The molecule has 0 aliphatic carbocycles. The van der Waals surface area contributed by atoms with Crippen molar-refractivity contribution in [3.63, 3.8) is 0 Å². The van der Waals surface area contributed by atoms with Gasteiger partial charge in [-0.3, -0.25) is 9.59 Å². The fourth-order valence-electron chi connectivity index (χ4n) is 3.55. The molecule has 10 heteroatoms. The lowest BCUT2D eigenvalue weighted by atomic mass is 10.1. The topological polar surface area (TPSA) is 93.7 Å². The molecule has 2 N–H and O–H groups in total. The first kappa shape index (κ1) is 28.5. The summed E-state index contributed by atoms with van der Waals surface area (Å²) < 4.78 is 10.8. The second-order valence-corrected chi connectivity index (χ2v) is 10.0. The van der Waals surface area contributed by atoms with Gasteiger partial charge in [0.15, 0.2) is 0 Å². The van der Waals surface area contributed by atoms with Gasteiger partial charge in [-0.25, -0.2) is 4.79 Å². The Balaban J connectivity index is 1.67. The number of hydrogen-bond donors (Lipinski definition) is 2.